The molecule has 2 aromatic carbocycles. The second kappa shape index (κ2) is 6.70. The van der Waals surface area contributed by atoms with E-state index in [1.807, 2.05) is 61.5 Å². The molecule has 0 saturated carbocycles. The molecule has 3 rings (SSSR count). The first-order valence-corrected chi connectivity index (χ1v) is 7.23. The third kappa shape index (κ3) is 3.91. The Morgan fingerprint density at radius 1 is 0.913 bits per heavy atom. The van der Waals surface area contributed by atoms with Crippen LogP contribution in [-0.2, 0) is 0 Å². The molecule has 0 aliphatic carbocycles. The summed E-state index contributed by atoms with van der Waals surface area (Å²) in [5, 5.41) is 5.97. The monoisotopic (exact) mass is 304 g/mol. The van der Waals surface area contributed by atoms with Crippen LogP contribution in [0, 0.1) is 6.92 Å². The van der Waals surface area contributed by atoms with E-state index < -0.39 is 0 Å². The summed E-state index contributed by atoms with van der Waals surface area (Å²) in [6, 6.07) is 18.9. The van der Waals surface area contributed by atoms with Crippen molar-refractivity contribution in [3.05, 3.63) is 78.2 Å². The molecule has 0 fully saturated rings. The topological polar surface area (TPSA) is 66.9 Å². The zero-order chi connectivity index (χ0) is 16.1. The van der Waals surface area contributed by atoms with Crippen molar-refractivity contribution in [2.24, 2.45) is 0 Å². The van der Waals surface area contributed by atoms with Crippen LogP contribution in [0.25, 0.3) is 0 Å². The van der Waals surface area contributed by atoms with Crippen molar-refractivity contribution in [1.82, 2.24) is 9.97 Å². The van der Waals surface area contributed by atoms with E-state index in [0.29, 0.717) is 11.5 Å². The van der Waals surface area contributed by atoms with Gasteiger partial charge in [-0.3, -0.25) is 4.79 Å². The summed E-state index contributed by atoms with van der Waals surface area (Å²) in [6.07, 6.45) is 1.37. The highest BCUT2D eigenvalue weighted by Gasteiger charge is 2.09. The van der Waals surface area contributed by atoms with Crippen LogP contribution in [0.4, 0.5) is 17.2 Å². The highest BCUT2D eigenvalue weighted by Crippen LogP contribution is 2.15. The Hall–Kier alpha value is -3.21. The molecule has 0 radical (unpaired) electrons. The number of amides is 1. The minimum atomic E-state index is -0.269. The van der Waals surface area contributed by atoms with Crippen molar-refractivity contribution in [3.63, 3.8) is 0 Å². The summed E-state index contributed by atoms with van der Waals surface area (Å²) in [5.74, 6) is 0.301. The first kappa shape index (κ1) is 14.7. The number of aromatic nitrogens is 2. The molecule has 1 amide bonds. The van der Waals surface area contributed by atoms with Crippen molar-refractivity contribution in [1.29, 1.82) is 0 Å². The van der Waals surface area contributed by atoms with E-state index in [-0.39, 0.29) is 5.91 Å². The molecule has 0 aliphatic heterocycles. The summed E-state index contributed by atoms with van der Waals surface area (Å²) in [7, 11) is 0. The van der Waals surface area contributed by atoms with E-state index in [0.717, 1.165) is 16.9 Å². The lowest BCUT2D eigenvalue weighted by Gasteiger charge is -2.08. The third-order valence-electron chi connectivity index (χ3n) is 3.22. The van der Waals surface area contributed by atoms with Crippen LogP contribution >= 0.6 is 0 Å². The fourth-order valence-electron chi connectivity index (χ4n) is 2.14. The molecule has 114 valence electrons. The molecular formula is C18H16N4O. The lowest BCUT2D eigenvalue weighted by Crippen LogP contribution is -2.14. The van der Waals surface area contributed by atoms with Crippen LogP contribution in [-0.4, -0.2) is 15.9 Å². The zero-order valence-corrected chi connectivity index (χ0v) is 12.7. The Morgan fingerprint density at radius 3 is 2.48 bits per heavy atom. The number of aryl methyl sites for hydroxylation is 1. The number of nitrogens with one attached hydrogen (secondary N) is 2. The van der Waals surface area contributed by atoms with Crippen LogP contribution in [0.3, 0.4) is 0 Å². The van der Waals surface area contributed by atoms with E-state index in [9.17, 15) is 4.79 Å². The normalized spacial score (nSPS) is 10.1. The summed E-state index contributed by atoms with van der Waals surface area (Å²) in [5.41, 5.74) is 3.03. The molecule has 5 nitrogen and oxygen atoms in total. The summed E-state index contributed by atoms with van der Waals surface area (Å²) < 4.78 is 0. The Morgan fingerprint density at radius 2 is 1.70 bits per heavy atom. The molecule has 1 heterocycles. The van der Waals surface area contributed by atoms with Gasteiger partial charge in [0.25, 0.3) is 5.91 Å². The number of hydrogen-bond acceptors (Lipinski definition) is 4. The second-order valence-electron chi connectivity index (χ2n) is 5.10. The Kier molecular flexibility index (Phi) is 4.29. The van der Waals surface area contributed by atoms with Gasteiger partial charge in [0, 0.05) is 17.4 Å². The molecule has 0 spiro atoms. The minimum Gasteiger partial charge on any atom is -0.340 e. The number of para-hydroxylation sites is 1. The standard InChI is InChI=1S/C18H16N4O/c1-13-6-5-9-15(10-13)22-18(23)16-11-17(20-12-19-16)21-14-7-3-2-4-8-14/h2-12H,1H3,(H,22,23)(H,19,20,21). The number of nitrogens with zero attached hydrogens (tertiary/aromatic N) is 2. The van der Waals surface area contributed by atoms with Crippen LogP contribution in [0.2, 0.25) is 0 Å². The van der Waals surface area contributed by atoms with Crippen molar-refractivity contribution in [2.75, 3.05) is 10.6 Å². The zero-order valence-electron chi connectivity index (χ0n) is 12.7. The predicted molar refractivity (Wildman–Crippen MR) is 90.9 cm³/mol. The Bertz CT molecular complexity index is 818. The number of anilines is 3. The van der Waals surface area contributed by atoms with Crippen LogP contribution in [0.5, 0.6) is 0 Å². The maximum absolute atomic E-state index is 12.3. The highest BCUT2D eigenvalue weighted by atomic mass is 16.1. The van der Waals surface area contributed by atoms with Gasteiger partial charge in [-0.25, -0.2) is 9.97 Å². The highest BCUT2D eigenvalue weighted by molar-refractivity contribution is 6.03. The largest absolute Gasteiger partial charge is 0.340 e. The van der Waals surface area contributed by atoms with Crippen molar-refractivity contribution < 1.29 is 4.79 Å². The number of carbonyl (C=O) groups is 1. The molecular weight excluding hydrogens is 288 g/mol. The van der Waals surface area contributed by atoms with E-state index in [1.165, 1.54) is 6.33 Å². The lowest BCUT2D eigenvalue weighted by atomic mass is 10.2. The van der Waals surface area contributed by atoms with Gasteiger partial charge in [0.2, 0.25) is 0 Å². The summed E-state index contributed by atoms with van der Waals surface area (Å²) in [6.45, 7) is 1.97. The second-order valence-corrected chi connectivity index (χ2v) is 5.10. The van der Waals surface area contributed by atoms with Crippen LogP contribution in [0.15, 0.2) is 67.0 Å². The van der Waals surface area contributed by atoms with Gasteiger partial charge in [-0.2, -0.15) is 0 Å². The fraction of sp³-hybridized carbons (Fsp3) is 0.0556. The van der Waals surface area contributed by atoms with Gasteiger partial charge in [-0.1, -0.05) is 30.3 Å². The molecule has 2 N–H and O–H groups in total. The molecule has 0 saturated heterocycles. The molecule has 1 aromatic heterocycles. The lowest BCUT2D eigenvalue weighted by molar-refractivity contribution is 0.102. The van der Waals surface area contributed by atoms with E-state index in [2.05, 4.69) is 20.6 Å². The molecule has 5 heteroatoms. The van der Waals surface area contributed by atoms with Crippen LogP contribution < -0.4 is 10.6 Å². The number of hydrogen-bond donors (Lipinski definition) is 2. The molecule has 0 atom stereocenters. The van der Waals surface area contributed by atoms with Crippen molar-refractivity contribution in [3.8, 4) is 0 Å². The van der Waals surface area contributed by atoms with Crippen molar-refractivity contribution in [2.45, 2.75) is 6.92 Å². The van der Waals surface area contributed by atoms with Gasteiger partial charge in [-0.15, -0.1) is 0 Å². The van der Waals surface area contributed by atoms with E-state index in [4.69, 9.17) is 0 Å². The van der Waals surface area contributed by atoms with Gasteiger partial charge in [0.05, 0.1) is 0 Å². The maximum atomic E-state index is 12.3. The Balaban J connectivity index is 1.75. The number of rotatable bonds is 4. The van der Waals surface area contributed by atoms with Crippen molar-refractivity contribution >= 4 is 23.1 Å². The molecule has 0 unspecified atom stereocenters. The molecule has 0 bridgehead atoms. The maximum Gasteiger partial charge on any atom is 0.274 e. The number of carbonyl (C=O) groups excluding carboxylic acids is 1. The van der Waals surface area contributed by atoms with Crippen LogP contribution in [0.1, 0.15) is 16.1 Å². The smallest absolute Gasteiger partial charge is 0.274 e. The fourth-order valence-corrected chi connectivity index (χ4v) is 2.14. The predicted octanol–water partition coefficient (Wildman–Crippen LogP) is 3.78. The van der Waals surface area contributed by atoms with Gasteiger partial charge in [0.15, 0.2) is 0 Å². The molecule has 3 aromatic rings. The van der Waals surface area contributed by atoms with E-state index >= 15 is 0 Å². The van der Waals surface area contributed by atoms with Gasteiger partial charge >= 0.3 is 0 Å². The number of benzene rings is 2. The molecule has 0 aliphatic rings. The SMILES string of the molecule is Cc1cccc(NC(=O)c2cc(Nc3ccccc3)ncn2)c1. The van der Waals surface area contributed by atoms with E-state index in [1.54, 1.807) is 6.07 Å². The summed E-state index contributed by atoms with van der Waals surface area (Å²) in [4.78, 5) is 20.5. The van der Waals surface area contributed by atoms with Gasteiger partial charge in [-0.05, 0) is 36.8 Å². The summed E-state index contributed by atoms with van der Waals surface area (Å²) >= 11 is 0. The Labute approximate surface area is 134 Å². The third-order valence-corrected chi connectivity index (χ3v) is 3.22. The average molecular weight is 304 g/mol. The molecule has 23 heavy (non-hydrogen) atoms. The van der Waals surface area contributed by atoms with Gasteiger partial charge < -0.3 is 10.6 Å². The van der Waals surface area contributed by atoms with Gasteiger partial charge in [0.1, 0.15) is 17.8 Å². The minimum absolute atomic E-state index is 0.269. The quantitative estimate of drug-likeness (QED) is 0.769. The first-order chi connectivity index (χ1) is 11.2. The first-order valence-electron chi connectivity index (χ1n) is 7.23. The average Bonchev–Trinajstić information content (AvgIpc) is 2.56.